The van der Waals surface area contributed by atoms with E-state index < -0.39 is 0 Å². The van der Waals surface area contributed by atoms with Crippen LogP contribution in [0.15, 0.2) is 6.07 Å². The Morgan fingerprint density at radius 3 is 2.56 bits per heavy atom. The Bertz CT molecular complexity index is 326. The van der Waals surface area contributed by atoms with Crippen molar-refractivity contribution < 1.29 is 4.74 Å². The third-order valence-electron chi connectivity index (χ3n) is 2.59. The maximum atomic E-state index is 5.39. The molecule has 0 aromatic carbocycles. The molecule has 1 rings (SSSR count). The van der Waals surface area contributed by atoms with Crippen molar-refractivity contribution in [2.45, 2.75) is 39.2 Å². The van der Waals surface area contributed by atoms with Crippen molar-refractivity contribution in [3.8, 4) is 0 Å². The fraction of sp³-hybridized carbons (Fsp3) is 0.636. The highest BCUT2D eigenvalue weighted by molar-refractivity contribution is 5.34. The minimum Gasteiger partial charge on any atom is -0.378 e. The van der Waals surface area contributed by atoms with Crippen molar-refractivity contribution >= 4 is 5.82 Å². The van der Waals surface area contributed by atoms with Crippen LogP contribution in [-0.4, -0.2) is 17.1 Å². The normalized spacial score (nSPS) is 10.8. The van der Waals surface area contributed by atoms with E-state index in [-0.39, 0.29) is 0 Å². The molecule has 1 aromatic rings. The van der Waals surface area contributed by atoms with E-state index in [1.165, 1.54) is 0 Å². The predicted octanol–water partition coefficient (Wildman–Crippen LogP) is 1.81. The number of hydrogen-bond donors (Lipinski definition) is 2. The number of hydrogen-bond acceptors (Lipinski definition) is 5. The average molecular weight is 224 g/mol. The monoisotopic (exact) mass is 224 g/mol. The minimum absolute atomic E-state index is 0.379. The first-order chi connectivity index (χ1) is 7.74. The van der Waals surface area contributed by atoms with Gasteiger partial charge in [0.25, 0.3) is 0 Å². The Balaban J connectivity index is 3.02. The van der Waals surface area contributed by atoms with E-state index in [4.69, 9.17) is 10.6 Å². The Morgan fingerprint density at radius 1 is 1.38 bits per heavy atom. The quantitative estimate of drug-likeness (QED) is 0.569. The number of nitrogens with zero attached hydrogens (tertiary/aromatic N) is 2. The van der Waals surface area contributed by atoms with Gasteiger partial charge in [0.15, 0.2) is 0 Å². The second kappa shape index (κ2) is 6.40. The molecule has 1 heterocycles. The first kappa shape index (κ1) is 12.9. The summed E-state index contributed by atoms with van der Waals surface area (Å²) in [7, 11) is 1.65. The summed E-state index contributed by atoms with van der Waals surface area (Å²) in [4.78, 5) is 8.85. The number of anilines is 1. The molecule has 0 spiro atoms. The zero-order chi connectivity index (χ0) is 12.0. The van der Waals surface area contributed by atoms with Gasteiger partial charge in [-0.25, -0.2) is 15.8 Å². The molecule has 1 aromatic heterocycles. The summed E-state index contributed by atoms with van der Waals surface area (Å²) < 4.78 is 5.07. The Labute approximate surface area is 96.4 Å². The summed E-state index contributed by atoms with van der Waals surface area (Å²) in [6.07, 6.45) is 2.05. The Hall–Kier alpha value is -1.20. The number of nitrogen functional groups attached to an aromatic ring is 1. The average Bonchev–Trinajstić information content (AvgIpc) is 2.31. The van der Waals surface area contributed by atoms with Crippen LogP contribution in [0.4, 0.5) is 5.82 Å². The number of aromatic nitrogens is 2. The van der Waals surface area contributed by atoms with Crippen LogP contribution in [0.25, 0.3) is 0 Å². The van der Waals surface area contributed by atoms with Crippen molar-refractivity contribution in [1.82, 2.24) is 9.97 Å². The van der Waals surface area contributed by atoms with Gasteiger partial charge in [0, 0.05) is 19.1 Å². The van der Waals surface area contributed by atoms with Gasteiger partial charge in [-0.1, -0.05) is 13.8 Å². The second-order valence-corrected chi connectivity index (χ2v) is 3.69. The second-order valence-electron chi connectivity index (χ2n) is 3.69. The van der Waals surface area contributed by atoms with E-state index in [9.17, 15) is 0 Å². The number of nitrogens with two attached hydrogens (primary N) is 1. The van der Waals surface area contributed by atoms with Gasteiger partial charge in [0.1, 0.15) is 11.6 Å². The van der Waals surface area contributed by atoms with E-state index >= 15 is 0 Å². The summed E-state index contributed by atoms with van der Waals surface area (Å²) in [6.45, 7) is 4.75. The van der Waals surface area contributed by atoms with Gasteiger partial charge in [0.2, 0.25) is 0 Å². The molecule has 0 aliphatic rings. The van der Waals surface area contributed by atoms with Crippen molar-refractivity contribution in [1.29, 1.82) is 0 Å². The molecule has 0 fully saturated rings. The molecular weight excluding hydrogens is 204 g/mol. The molecule has 0 aliphatic carbocycles. The van der Waals surface area contributed by atoms with Gasteiger partial charge < -0.3 is 10.2 Å². The van der Waals surface area contributed by atoms with E-state index in [0.29, 0.717) is 18.3 Å². The fourth-order valence-electron chi connectivity index (χ4n) is 1.65. The smallest absolute Gasteiger partial charge is 0.144 e. The van der Waals surface area contributed by atoms with Crippen molar-refractivity contribution in [2.24, 2.45) is 5.84 Å². The van der Waals surface area contributed by atoms with Gasteiger partial charge in [-0.15, -0.1) is 0 Å². The van der Waals surface area contributed by atoms with E-state index in [1.54, 1.807) is 13.2 Å². The third kappa shape index (κ3) is 3.15. The largest absolute Gasteiger partial charge is 0.378 e. The maximum Gasteiger partial charge on any atom is 0.144 e. The van der Waals surface area contributed by atoms with E-state index in [2.05, 4.69) is 29.2 Å². The lowest BCUT2D eigenvalue weighted by Crippen LogP contribution is -2.13. The first-order valence-electron chi connectivity index (χ1n) is 5.58. The molecular formula is C11H20N4O. The predicted molar refractivity (Wildman–Crippen MR) is 63.9 cm³/mol. The third-order valence-corrected chi connectivity index (χ3v) is 2.59. The Morgan fingerprint density at radius 2 is 2.06 bits per heavy atom. The maximum absolute atomic E-state index is 5.39. The van der Waals surface area contributed by atoms with Crippen molar-refractivity contribution in [3.05, 3.63) is 17.6 Å². The van der Waals surface area contributed by atoms with Crippen LogP contribution in [0.1, 0.15) is 44.1 Å². The zero-order valence-corrected chi connectivity index (χ0v) is 10.2. The lowest BCUT2D eigenvalue weighted by Gasteiger charge is -2.13. The molecule has 0 bridgehead atoms. The van der Waals surface area contributed by atoms with Crippen LogP contribution in [0.5, 0.6) is 0 Å². The highest BCUT2D eigenvalue weighted by Gasteiger charge is 2.12. The number of rotatable bonds is 6. The van der Waals surface area contributed by atoms with Crippen LogP contribution >= 0.6 is 0 Å². The highest BCUT2D eigenvalue weighted by atomic mass is 16.5. The van der Waals surface area contributed by atoms with Crippen LogP contribution in [0, 0.1) is 0 Å². The molecule has 5 nitrogen and oxygen atoms in total. The van der Waals surface area contributed by atoms with Crippen LogP contribution in [0.3, 0.4) is 0 Å². The molecule has 3 N–H and O–H groups in total. The molecule has 0 unspecified atom stereocenters. The standard InChI is InChI=1S/C11H20N4O/c1-4-8(5-2)11-13-9(7-16-3)6-10(14-11)15-12/h6,8H,4-5,7,12H2,1-3H3,(H,13,14,15). The molecule has 0 amide bonds. The molecule has 0 saturated carbocycles. The summed E-state index contributed by atoms with van der Waals surface area (Å²) in [5.41, 5.74) is 3.42. The zero-order valence-electron chi connectivity index (χ0n) is 10.2. The number of nitrogens with one attached hydrogen (secondary N) is 1. The first-order valence-corrected chi connectivity index (χ1v) is 5.58. The lowest BCUT2D eigenvalue weighted by molar-refractivity contribution is 0.181. The molecule has 5 heteroatoms. The van der Waals surface area contributed by atoms with Crippen LogP contribution in [0.2, 0.25) is 0 Å². The van der Waals surface area contributed by atoms with Crippen molar-refractivity contribution in [2.75, 3.05) is 12.5 Å². The lowest BCUT2D eigenvalue weighted by atomic mass is 10.0. The molecule has 0 saturated heterocycles. The SMILES string of the molecule is CCC(CC)c1nc(COC)cc(NN)n1. The molecule has 90 valence electrons. The minimum atomic E-state index is 0.379. The van der Waals surface area contributed by atoms with Gasteiger partial charge >= 0.3 is 0 Å². The van der Waals surface area contributed by atoms with Gasteiger partial charge in [-0.05, 0) is 12.8 Å². The highest BCUT2D eigenvalue weighted by Crippen LogP contribution is 2.21. The van der Waals surface area contributed by atoms with Gasteiger partial charge in [0.05, 0.1) is 12.3 Å². The van der Waals surface area contributed by atoms with Gasteiger partial charge in [-0.2, -0.15) is 0 Å². The summed E-state index contributed by atoms with van der Waals surface area (Å²) in [5.74, 6) is 7.25. The van der Waals surface area contributed by atoms with Crippen molar-refractivity contribution in [3.63, 3.8) is 0 Å². The summed E-state index contributed by atoms with van der Waals surface area (Å²) in [5, 5.41) is 0. The number of methoxy groups -OCH3 is 1. The Kier molecular flexibility index (Phi) is 5.14. The van der Waals surface area contributed by atoms with Crippen LogP contribution in [-0.2, 0) is 11.3 Å². The topological polar surface area (TPSA) is 73.1 Å². The van der Waals surface area contributed by atoms with Crippen LogP contribution < -0.4 is 11.3 Å². The number of ether oxygens (including phenoxy) is 1. The molecule has 0 radical (unpaired) electrons. The van der Waals surface area contributed by atoms with E-state index in [0.717, 1.165) is 24.4 Å². The molecule has 16 heavy (non-hydrogen) atoms. The summed E-state index contributed by atoms with van der Waals surface area (Å²) in [6, 6.07) is 1.80. The molecule has 0 atom stereocenters. The van der Waals surface area contributed by atoms with E-state index in [1.807, 2.05) is 0 Å². The molecule has 0 aliphatic heterocycles. The number of hydrazine groups is 1. The fourth-order valence-corrected chi connectivity index (χ4v) is 1.65. The van der Waals surface area contributed by atoms with Gasteiger partial charge in [-0.3, -0.25) is 0 Å². The summed E-state index contributed by atoms with van der Waals surface area (Å²) >= 11 is 0.